The Bertz CT molecular complexity index is 581. The third-order valence-corrected chi connectivity index (χ3v) is 5.30. The standard InChI is InChI=1S/C20H35N7/c1-4-21-19(24-15-18-7-5-10-27(18)16-17(2)3)25-11-13-26(14-12-25)20-22-8-6-9-23-20/h6,8-9,17-18H,4-5,7,10-16H2,1-3H3,(H,21,24)/t18-/m1/s1. The van der Waals surface area contributed by atoms with Crippen molar-refractivity contribution >= 4 is 11.9 Å². The van der Waals surface area contributed by atoms with E-state index in [2.05, 4.69) is 50.8 Å². The average Bonchev–Trinajstić information content (AvgIpc) is 3.12. The molecule has 2 aliphatic rings. The first kappa shape index (κ1) is 19.9. The summed E-state index contributed by atoms with van der Waals surface area (Å²) in [6.07, 6.45) is 6.20. The van der Waals surface area contributed by atoms with Crippen molar-refractivity contribution in [1.29, 1.82) is 0 Å². The molecule has 0 aliphatic carbocycles. The van der Waals surface area contributed by atoms with Gasteiger partial charge in [0.05, 0.1) is 6.54 Å². The third kappa shape index (κ3) is 5.54. The monoisotopic (exact) mass is 373 g/mol. The number of rotatable bonds is 6. The average molecular weight is 374 g/mol. The van der Waals surface area contributed by atoms with Crippen LogP contribution in [0.4, 0.5) is 5.95 Å². The highest BCUT2D eigenvalue weighted by molar-refractivity contribution is 5.80. The predicted octanol–water partition coefficient (Wildman–Crippen LogP) is 1.68. The van der Waals surface area contributed by atoms with Crippen molar-refractivity contribution in [2.24, 2.45) is 10.9 Å². The molecule has 7 heteroatoms. The van der Waals surface area contributed by atoms with Crippen LogP contribution in [0, 0.1) is 5.92 Å². The molecule has 1 aromatic heterocycles. The topological polar surface area (TPSA) is 59.9 Å². The molecule has 2 aliphatic heterocycles. The minimum absolute atomic E-state index is 0.597. The van der Waals surface area contributed by atoms with Gasteiger partial charge in [0, 0.05) is 57.7 Å². The van der Waals surface area contributed by atoms with Gasteiger partial charge >= 0.3 is 0 Å². The maximum atomic E-state index is 5.01. The lowest BCUT2D eigenvalue weighted by Gasteiger charge is -2.36. The van der Waals surface area contributed by atoms with E-state index in [-0.39, 0.29) is 0 Å². The Hall–Kier alpha value is -1.89. The highest BCUT2D eigenvalue weighted by Gasteiger charge is 2.26. The smallest absolute Gasteiger partial charge is 0.225 e. The number of nitrogens with zero attached hydrogens (tertiary/aromatic N) is 6. The van der Waals surface area contributed by atoms with Gasteiger partial charge in [0.2, 0.25) is 5.95 Å². The summed E-state index contributed by atoms with van der Waals surface area (Å²) in [6, 6.07) is 2.46. The van der Waals surface area contributed by atoms with Crippen LogP contribution in [0.5, 0.6) is 0 Å². The summed E-state index contributed by atoms with van der Waals surface area (Å²) < 4.78 is 0. The van der Waals surface area contributed by atoms with Gasteiger partial charge in [0.1, 0.15) is 0 Å². The number of piperazine rings is 1. The SMILES string of the molecule is CCNC(=NC[C@H]1CCCN1CC(C)C)N1CCN(c2ncccn2)CC1. The first-order valence-corrected chi connectivity index (χ1v) is 10.5. The number of nitrogens with one attached hydrogen (secondary N) is 1. The van der Waals surface area contributed by atoms with E-state index in [1.54, 1.807) is 0 Å². The van der Waals surface area contributed by atoms with E-state index in [0.717, 1.165) is 57.1 Å². The lowest BCUT2D eigenvalue weighted by atomic mass is 10.2. The second-order valence-corrected chi connectivity index (χ2v) is 7.90. The van der Waals surface area contributed by atoms with Crippen LogP contribution in [0.1, 0.15) is 33.6 Å². The van der Waals surface area contributed by atoms with Gasteiger partial charge in [-0.3, -0.25) is 9.89 Å². The van der Waals surface area contributed by atoms with Crippen molar-refractivity contribution in [3.8, 4) is 0 Å². The molecule has 0 amide bonds. The summed E-state index contributed by atoms with van der Waals surface area (Å²) >= 11 is 0. The molecule has 0 radical (unpaired) electrons. The molecule has 2 saturated heterocycles. The van der Waals surface area contributed by atoms with E-state index in [4.69, 9.17) is 4.99 Å². The van der Waals surface area contributed by atoms with Crippen molar-refractivity contribution in [2.75, 3.05) is 57.3 Å². The first-order chi connectivity index (χ1) is 13.2. The Balaban J connectivity index is 1.56. The molecule has 0 bridgehead atoms. The van der Waals surface area contributed by atoms with Gasteiger partial charge in [-0.15, -0.1) is 0 Å². The number of anilines is 1. The largest absolute Gasteiger partial charge is 0.357 e. The fraction of sp³-hybridized carbons (Fsp3) is 0.750. The molecular weight excluding hydrogens is 338 g/mol. The molecule has 150 valence electrons. The molecule has 0 unspecified atom stereocenters. The lowest BCUT2D eigenvalue weighted by Crippen LogP contribution is -2.53. The third-order valence-electron chi connectivity index (χ3n) is 5.30. The summed E-state index contributed by atoms with van der Waals surface area (Å²) in [6.45, 7) is 14.7. The van der Waals surface area contributed by atoms with Crippen LogP contribution in [0.15, 0.2) is 23.5 Å². The predicted molar refractivity (Wildman–Crippen MR) is 111 cm³/mol. The molecule has 1 N–H and O–H groups in total. The Kier molecular flexibility index (Phi) is 7.26. The zero-order chi connectivity index (χ0) is 19.1. The van der Waals surface area contributed by atoms with Crippen LogP contribution in [0.3, 0.4) is 0 Å². The van der Waals surface area contributed by atoms with E-state index in [9.17, 15) is 0 Å². The van der Waals surface area contributed by atoms with E-state index in [0.29, 0.717) is 6.04 Å². The normalized spacial score (nSPS) is 21.9. The van der Waals surface area contributed by atoms with E-state index in [1.807, 2.05) is 18.5 Å². The first-order valence-electron chi connectivity index (χ1n) is 10.5. The van der Waals surface area contributed by atoms with E-state index in [1.165, 1.54) is 25.9 Å². The number of likely N-dealkylation sites (tertiary alicyclic amines) is 1. The van der Waals surface area contributed by atoms with E-state index >= 15 is 0 Å². The van der Waals surface area contributed by atoms with Crippen LogP contribution in [0.25, 0.3) is 0 Å². The highest BCUT2D eigenvalue weighted by atomic mass is 15.4. The van der Waals surface area contributed by atoms with Gasteiger partial charge < -0.3 is 15.1 Å². The summed E-state index contributed by atoms with van der Waals surface area (Å²) in [5.74, 6) is 2.60. The molecule has 0 aromatic carbocycles. The number of guanidine groups is 1. The highest BCUT2D eigenvalue weighted by Crippen LogP contribution is 2.19. The van der Waals surface area contributed by atoms with Crippen LogP contribution >= 0.6 is 0 Å². The molecule has 3 heterocycles. The van der Waals surface area contributed by atoms with Crippen molar-refractivity contribution < 1.29 is 0 Å². The Morgan fingerprint density at radius 1 is 1.19 bits per heavy atom. The van der Waals surface area contributed by atoms with Gasteiger partial charge in [-0.25, -0.2) is 9.97 Å². The minimum Gasteiger partial charge on any atom is -0.357 e. The van der Waals surface area contributed by atoms with Crippen molar-refractivity contribution in [3.05, 3.63) is 18.5 Å². The lowest BCUT2D eigenvalue weighted by molar-refractivity contribution is 0.230. The molecular formula is C20H35N7. The number of aromatic nitrogens is 2. The number of hydrogen-bond acceptors (Lipinski definition) is 5. The maximum Gasteiger partial charge on any atom is 0.225 e. The summed E-state index contributed by atoms with van der Waals surface area (Å²) in [5.41, 5.74) is 0. The van der Waals surface area contributed by atoms with Crippen molar-refractivity contribution in [1.82, 2.24) is 25.1 Å². The molecule has 0 spiro atoms. The maximum absolute atomic E-state index is 5.01. The molecule has 3 rings (SSSR count). The van der Waals surface area contributed by atoms with Crippen molar-refractivity contribution in [3.63, 3.8) is 0 Å². The summed E-state index contributed by atoms with van der Waals surface area (Å²) in [7, 11) is 0. The van der Waals surface area contributed by atoms with Crippen LogP contribution in [-0.2, 0) is 0 Å². The van der Waals surface area contributed by atoms with Crippen LogP contribution < -0.4 is 10.2 Å². The van der Waals surface area contributed by atoms with Gasteiger partial charge in [-0.05, 0) is 38.3 Å². The van der Waals surface area contributed by atoms with Crippen LogP contribution in [-0.4, -0.2) is 84.1 Å². The van der Waals surface area contributed by atoms with Gasteiger partial charge in [0.25, 0.3) is 0 Å². The second kappa shape index (κ2) is 9.88. The summed E-state index contributed by atoms with van der Waals surface area (Å²) in [4.78, 5) is 21.0. The molecule has 1 atom stereocenters. The quantitative estimate of drug-likeness (QED) is 0.605. The van der Waals surface area contributed by atoms with Gasteiger partial charge in [0.15, 0.2) is 5.96 Å². The van der Waals surface area contributed by atoms with E-state index < -0.39 is 0 Å². The number of aliphatic imine (C=N–C) groups is 1. The Morgan fingerprint density at radius 3 is 2.59 bits per heavy atom. The Morgan fingerprint density at radius 2 is 1.93 bits per heavy atom. The van der Waals surface area contributed by atoms with Gasteiger partial charge in [-0.2, -0.15) is 0 Å². The molecule has 0 saturated carbocycles. The molecule has 27 heavy (non-hydrogen) atoms. The Labute approximate surface area is 163 Å². The fourth-order valence-corrected chi connectivity index (χ4v) is 4.00. The molecule has 7 nitrogen and oxygen atoms in total. The zero-order valence-corrected chi connectivity index (χ0v) is 17.1. The summed E-state index contributed by atoms with van der Waals surface area (Å²) in [5, 5.41) is 3.49. The fourth-order valence-electron chi connectivity index (χ4n) is 4.00. The van der Waals surface area contributed by atoms with Crippen LogP contribution in [0.2, 0.25) is 0 Å². The minimum atomic E-state index is 0.597. The zero-order valence-electron chi connectivity index (χ0n) is 17.1. The van der Waals surface area contributed by atoms with Gasteiger partial charge in [-0.1, -0.05) is 13.8 Å². The molecule has 1 aromatic rings. The second-order valence-electron chi connectivity index (χ2n) is 7.90. The molecule has 2 fully saturated rings. The van der Waals surface area contributed by atoms with Crippen molar-refractivity contribution in [2.45, 2.75) is 39.7 Å². The number of hydrogen-bond donors (Lipinski definition) is 1.